The van der Waals surface area contributed by atoms with E-state index in [1.54, 1.807) is 12.1 Å². The summed E-state index contributed by atoms with van der Waals surface area (Å²) >= 11 is 0. The van der Waals surface area contributed by atoms with Gasteiger partial charge in [-0.05, 0) is 12.1 Å². The molecule has 50 valence electrons. The van der Waals surface area contributed by atoms with Gasteiger partial charge < -0.3 is 9.62 Å². The molecule has 1 N–H and O–H groups in total. The molecule has 0 amide bonds. The first-order chi connectivity index (χ1) is 4.88. The fourth-order valence-corrected chi connectivity index (χ4v) is 0.914. The first-order valence-corrected chi connectivity index (χ1v) is 2.90. The lowest BCUT2D eigenvalue weighted by Crippen LogP contribution is -1.96. The molecular weight excluding hydrogens is 130 g/mol. The standard InChI is InChI=1S/C7H5NO2/c9-8-5-3-6-1-2-7(4-5)10-6/h1-4,9H. The van der Waals surface area contributed by atoms with Gasteiger partial charge in [-0.15, -0.1) is 0 Å². The van der Waals surface area contributed by atoms with Crippen molar-refractivity contribution in [2.45, 2.75) is 0 Å². The van der Waals surface area contributed by atoms with Crippen LogP contribution in [0.15, 0.2) is 33.8 Å². The fourth-order valence-electron chi connectivity index (χ4n) is 0.914. The summed E-state index contributed by atoms with van der Waals surface area (Å²) in [6.07, 6.45) is 0. The van der Waals surface area contributed by atoms with Crippen molar-refractivity contribution in [3.05, 3.63) is 29.6 Å². The minimum atomic E-state index is 0.529. The Balaban J connectivity index is 2.95. The summed E-state index contributed by atoms with van der Waals surface area (Å²) in [5.74, 6) is 0. The third-order valence-corrected chi connectivity index (χ3v) is 1.34. The first-order valence-electron chi connectivity index (χ1n) is 2.90. The number of rotatable bonds is 0. The van der Waals surface area contributed by atoms with Crippen molar-refractivity contribution in [3.8, 4) is 0 Å². The highest BCUT2D eigenvalue weighted by atomic mass is 16.4. The van der Waals surface area contributed by atoms with E-state index in [1.165, 1.54) is 0 Å². The Kier molecular flexibility index (Phi) is 0.917. The van der Waals surface area contributed by atoms with Crippen LogP contribution < -0.4 is 5.36 Å². The Bertz CT molecular complexity index is 359. The van der Waals surface area contributed by atoms with Crippen molar-refractivity contribution in [3.63, 3.8) is 0 Å². The molecule has 0 radical (unpaired) electrons. The maximum absolute atomic E-state index is 8.37. The smallest absolute Gasteiger partial charge is 0.129 e. The molecule has 0 aliphatic heterocycles. The van der Waals surface area contributed by atoms with E-state index >= 15 is 0 Å². The molecule has 0 aliphatic rings. The number of hydrogen-bond donors (Lipinski definition) is 1. The van der Waals surface area contributed by atoms with Gasteiger partial charge in [-0.1, -0.05) is 5.16 Å². The summed E-state index contributed by atoms with van der Waals surface area (Å²) in [5.41, 5.74) is 1.45. The van der Waals surface area contributed by atoms with Crippen LogP contribution in [0.1, 0.15) is 0 Å². The van der Waals surface area contributed by atoms with Gasteiger partial charge in [-0.25, -0.2) is 0 Å². The number of fused-ring (bicyclic) bond motifs is 2. The summed E-state index contributed by atoms with van der Waals surface area (Å²) in [7, 11) is 0. The Hall–Kier alpha value is -1.51. The number of furan rings is 1. The summed E-state index contributed by atoms with van der Waals surface area (Å²) in [6.45, 7) is 0. The van der Waals surface area contributed by atoms with Crippen molar-refractivity contribution in [1.29, 1.82) is 0 Å². The van der Waals surface area contributed by atoms with Crippen molar-refractivity contribution in [2.75, 3.05) is 0 Å². The quantitative estimate of drug-likeness (QED) is 0.435. The van der Waals surface area contributed by atoms with Crippen LogP contribution >= 0.6 is 0 Å². The second kappa shape index (κ2) is 1.73. The zero-order chi connectivity index (χ0) is 6.97. The van der Waals surface area contributed by atoms with Crippen molar-refractivity contribution < 1.29 is 9.62 Å². The predicted octanol–water partition coefficient (Wildman–Crippen LogP) is 1.16. The Morgan fingerprint density at radius 1 is 1.20 bits per heavy atom. The van der Waals surface area contributed by atoms with E-state index in [0.29, 0.717) is 5.36 Å². The monoisotopic (exact) mass is 135 g/mol. The van der Waals surface area contributed by atoms with Gasteiger partial charge >= 0.3 is 0 Å². The average Bonchev–Trinajstić information content (AvgIpc) is 2.30. The minimum absolute atomic E-state index is 0.529. The molecular formula is C7H5NO2. The highest BCUT2D eigenvalue weighted by Gasteiger charge is 1.93. The van der Waals surface area contributed by atoms with E-state index in [4.69, 9.17) is 9.62 Å². The molecule has 0 aliphatic carbocycles. The molecule has 0 aromatic carbocycles. The lowest BCUT2D eigenvalue weighted by molar-refractivity contribution is 0.301. The highest BCUT2D eigenvalue weighted by Crippen LogP contribution is 2.08. The normalized spacial score (nSPS) is 10.4. The highest BCUT2D eigenvalue weighted by molar-refractivity contribution is 5.55. The fraction of sp³-hybridized carbons (Fsp3) is 0. The van der Waals surface area contributed by atoms with Crippen LogP contribution in [0.25, 0.3) is 11.2 Å². The van der Waals surface area contributed by atoms with Gasteiger partial charge in [0.05, 0.1) is 0 Å². The van der Waals surface area contributed by atoms with Gasteiger partial charge in [0.25, 0.3) is 0 Å². The molecule has 0 unspecified atom stereocenters. The van der Waals surface area contributed by atoms with Crippen LogP contribution in [0, 0.1) is 0 Å². The first kappa shape index (κ1) is 5.29. The predicted molar refractivity (Wildman–Crippen MR) is 34.7 cm³/mol. The zero-order valence-corrected chi connectivity index (χ0v) is 5.11. The zero-order valence-electron chi connectivity index (χ0n) is 5.11. The number of nitrogens with zero attached hydrogens (tertiary/aromatic N) is 1. The van der Waals surface area contributed by atoms with Gasteiger partial charge in [0, 0.05) is 12.1 Å². The summed E-state index contributed by atoms with van der Waals surface area (Å²) < 4.78 is 5.15. The minimum Gasteiger partial charge on any atom is -0.457 e. The molecule has 10 heavy (non-hydrogen) atoms. The van der Waals surface area contributed by atoms with Crippen LogP contribution in [0.3, 0.4) is 0 Å². The van der Waals surface area contributed by atoms with E-state index in [9.17, 15) is 0 Å². The van der Waals surface area contributed by atoms with Crippen LogP contribution in [0.5, 0.6) is 0 Å². The van der Waals surface area contributed by atoms with Crippen molar-refractivity contribution in [2.24, 2.45) is 5.16 Å². The van der Waals surface area contributed by atoms with Gasteiger partial charge in [-0.2, -0.15) is 0 Å². The largest absolute Gasteiger partial charge is 0.457 e. The van der Waals surface area contributed by atoms with Crippen LogP contribution in [-0.2, 0) is 0 Å². The Morgan fingerprint density at radius 2 is 1.80 bits per heavy atom. The Morgan fingerprint density at radius 3 is 2.30 bits per heavy atom. The molecule has 0 spiro atoms. The molecule has 3 heteroatoms. The van der Waals surface area contributed by atoms with Gasteiger partial charge in [-0.3, -0.25) is 0 Å². The van der Waals surface area contributed by atoms with Crippen molar-refractivity contribution >= 4 is 11.2 Å². The maximum Gasteiger partial charge on any atom is 0.129 e. The van der Waals surface area contributed by atoms with Gasteiger partial charge in [0.2, 0.25) is 0 Å². The van der Waals surface area contributed by atoms with E-state index in [-0.39, 0.29) is 0 Å². The second-order valence-corrected chi connectivity index (χ2v) is 2.05. The molecule has 0 fully saturated rings. The molecule has 2 aromatic heterocycles. The van der Waals surface area contributed by atoms with E-state index in [1.807, 2.05) is 12.1 Å². The van der Waals surface area contributed by atoms with E-state index in [2.05, 4.69) is 5.16 Å². The third-order valence-electron chi connectivity index (χ3n) is 1.34. The summed E-state index contributed by atoms with van der Waals surface area (Å²) in [5, 5.41) is 11.9. The SMILES string of the molecule is ON=c1cc2ccc(c1)o2. The van der Waals surface area contributed by atoms with E-state index in [0.717, 1.165) is 11.2 Å². The average molecular weight is 135 g/mol. The lowest BCUT2D eigenvalue weighted by atomic mass is 10.4. The molecule has 2 rings (SSSR count). The van der Waals surface area contributed by atoms with E-state index < -0.39 is 0 Å². The molecule has 2 bridgehead atoms. The Labute approximate surface area is 56.5 Å². The van der Waals surface area contributed by atoms with Crippen LogP contribution in [0.2, 0.25) is 0 Å². The number of hydrogen-bond acceptors (Lipinski definition) is 3. The lowest BCUT2D eigenvalue weighted by Gasteiger charge is -1.82. The molecule has 3 nitrogen and oxygen atoms in total. The maximum atomic E-state index is 8.37. The summed E-state index contributed by atoms with van der Waals surface area (Å²) in [6, 6.07) is 6.97. The second-order valence-electron chi connectivity index (χ2n) is 2.05. The molecule has 0 saturated heterocycles. The summed E-state index contributed by atoms with van der Waals surface area (Å²) in [4.78, 5) is 0. The third kappa shape index (κ3) is 0.639. The van der Waals surface area contributed by atoms with Crippen molar-refractivity contribution in [1.82, 2.24) is 0 Å². The molecule has 0 saturated carbocycles. The topological polar surface area (TPSA) is 45.7 Å². The molecule has 2 aromatic rings. The van der Waals surface area contributed by atoms with Crippen LogP contribution in [-0.4, -0.2) is 5.21 Å². The molecule has 0 atom stereocenters. The van der Waals surface area contributed by atoms with Gasteiger partial charge in [0.1, 0.15) is 16.5 Å². The van der Waals surface area contributed by atoms with Gasteiger partial charge in [0.15, 0.2) is 0 Å². The molecule has 2 heterocycles. The van der Waals surface area contributed by atoms with Crippen LogP contribution in [0.4, 0.5) is 0 Å².